The molecule has 0 bridgehead atoms. The fourth-order valence-corrected chi connectivity index (χ4v) is 3.61. The lowest BCUT2D eigenvalue weighted by Gasteiger charge is -2.25. The zero-order valence-corrected chi connectivity index (χ0v) is 16.4. The van der Waals surface area contributed by atoms with Gasteiger partial charge in [0.05, 0.1) is 18.4 Å². The van der Waals surface area contributed by atoms with Gasteiger partial charge in [-0.3, -0.25) is 4.18 Å². The Morgan fingerprint density at radius 2 is 1.81 bits per heavy atom. The van der Waals surface area contributed by atoms with E-state index < -0.39 is 21.8 Å². The zero-order valence-electron chi connectivity index (χ0n) is 15.6. The summed E-state index contributed by atoms with van der Waals surface area (Å²) >= 11 is 0. The Hall–Kier alpha value is -2.38. The first-order chi connectivity index (χ1) is 12.6. The van der Waals surface area contributed by atoms with Crippen molar-refractivity contribution in [2.45, 2.75) is 32.4 Å². The molecule has 0 saturated heterocycles. The number of carbonyl (C=O) groups is 1. The second kappa shape index (κ2) is 7.32. The summed E-state index contributed by atoms with van der Waals surface area (Å²) in [7, 11) is -3.57. The predicted molar refractivity (Wildman–Crippen MR) is 103 cm³/mol. The van der Waals surface area contributed by atoms with Crippen molar-refractivity contribution in [2.24, 2.45) is 0 Å². The maximum Gasteiger partial charge on any atom is 0.407 e. The molecule has 1 amide bonds. The molecule has 0 fully saturated rings. The lowest BCUT2D eigenvalue weighted by molar-refractivity contribution is 0.120. The summed E-state index contributed by atoms with van der Waals surface area (Å²) in [5.41, 5.74) is 4.92. The molecule has 0 unspecified atom stereocenters. The van der Waals surface area contributed by atoms with Gasteiger partial charge in [-0.1, -0.05) is 42.5 Å². The largest absolute Gasteiger partial charge is 0.445 e. The summed E-state index contributed by atoms with van der Waals surface area (Å²) in [6.45, 7) is 3.30. The molecule has 0 heterocycles. The van der Waals surface area contributed by atoms with E-state index in [0.717, 1.165) is 18.2 Å². The smallest absolute Gasteiger partial charge is 0.407 e. The van der Waals surface area contributed by atoms with Crippen LogP contribution in [-0.4, -0.2) is 32.9 Å². The second-order valence-electron chi connectivity index (χ2n) is 7.33. The minimum atomic E-state index is -3.57. The molecule has 27 heavy (non-hydrogen) atoms. The molecule has 0 aromatic heterocycles. The van der Waals surface area contributed by atoms with Crippen LogP contribution in [0.3, 0.4) is 0 Å². The number of rotatable bonds is 6. The average molecular weight is 389 g/mol. The molecule has 2 aromatic rings. The van der Waals surface area contributed by atoms with E-state index in [1.165, 1.54) is 22.3 Å². The second-order valence-corrected chi connectivity index (χ2v) is 8.97. The minimum absolute atomic E-state index is 0.145. The fraction of sp³-hybridized carbons (Fsp3) is 0.350. The van der Waals surface area contributed by atoms with E-state index in [9.17, 15) is 13.2 Å². The van der Waals surface area contributed by atoms with Crippen LogP contribution >= 0.6 is 0 Å². The van der Waals surface area contributed by atoms with Crippen molar-refractivity contribution in [1.82, 2.24) is 5.32 Å². The van der Waals surface area contributed by atoms with Crippen molar-refractivity contribution in [2.75, 3.05) is 12.9 Å². The number of hydrogen-bond acceptors (Lipinski definition) is 5. The van der Waals surface area contributed by atoms with Gasteiger partial charge in [0.1, 0.15) is 6.61 Å². The molecule has 1 aliphatic rings. The zero-order chi connectivity index (χ0) is 19.7. The first kappa shape index (κ1) is 19.4. The number of benzene rings is 2. The highest BCUT2D eigenvalue weighted by molar-refractivity contribution is 7.85. The third kappa shape index (κ3) is 4.87. The van der Waals surface area contributed by atoms with E-state index in [4.69, 9.17) is 8.92 Å². The van der Waals surface area contributed by atoms with Crippen molar-refractivity contribution in [1.29, 1.82) is 0 Å². The summed E-state index contributed by atoms with van der Waals surface area (Å²) in [6, 6.07) is 14.2. The molecular weight excluding hydrogens is 366 g/mol. The minimum Gasteiger partial charge on any atom is -0.445 e. The van der Waals surface area contributed by atoms with E-state index in [0.29, 0.717) is 0 Å². The number of nitrogens with one attached hydrogen (secondary N) is 1. The van der Waals surface area contributed by atoms with Crippen LogP contribution in [0.4, 0.5) is 4.79 Å². The van der Waals surface area contributed by atoms with E-state index >= 15 is 0 Å². The number of alkyl carbamates (subject to hydrolysis) is 1. The monoisotopic (exact) mass is 389 g/mol. The van der Waals surface area contributed by atoms with Crippen molar-refractivity contribution in [3.8, 4) is 11.1 Å². The Bertz CT molecular complexity index is 966. The molecule has 0 saturated carbocycles. The Labute approximate surface area is 159 Å². The Morgan fingerprint density at radius 3 is 2.56 bits per heavy atom. The van der Waals surface area contributed by atoms with Gasteiger partial charge in [0.25, 0.3) is 10.1 Å². The lowest BCUT2D eigenvalue weighted by Crippen LogP contribution is -2.47. The summed E-state index contributed by atoms with van der Waals surface area (Å²) in [5, 5.41) is 2.63. The van der Waals surface area contributed by atoms with Gasteiger partial charge in [-0.05, 0) is 48.1 Å². The van der Waals surface area contributed by atoms with E-state index in [-0.39, 0.29) is 13.2 Å². The maximum absolute atomic E-state index is 12.1. The van der Waals surface area contributed by atoms with Gasteiger partial charge < -0.3 is 10.1 Å². The number of ether oxygens (including phenoxy) is 1. The summed E-state index contributed by atoms with van der Waals surface area (Å²) in [6.07, 6.45) is 1.17. The highest BCUT2D eigenvalue weighted by atomic mass is 32.2. The molecule has 0 atom stereocenters. The van der Waals surface area contributed by atoms with Gasteiger partial charge in [0, 0.05) is 0 Å². The quantitative estimate of drug-likeness (QED) is 0.655. The van der Waals surface area contributed by atoms with E-state index in [2.05, 4.69) is 23.5 Å². The number of hydrogen-bond donors (Lipinski definition) is 1. The Balaban J connectivity index is 1.62. The molecule has 1 N–H and O–H groups in total. The van der Waals surface area contributed by atoms with Crippen LogP contribution < -0.4 is 5.32 Å². The highest BCUT2D eigenvalue weighted by Gasteiger charge is 2.25. The highest BCUT2D eigenvalue weighted by Crippen LogP contribution is 2.38. The molecule has 0 aliphatic heterocycles. The van der Waals surface area contributed by atoms with Crippen LogP contribution in [0.25, 0.3) is 11.1 Å². The molecule has 144 valence electrons. The van der Waals surface area contributed by atoms with Gasteiger partial charge in [-0.25, -0.2) is 4.79 Å². The number of fused-ring (bicyclic) bond motifs is 3. The van der Waals surface area contributed by atoms with Crippen LogP contribution in [0.1, 0.15) is 30.5 Å². The third-order valence-corrected chi connectivity index (χ3v) is 4.93. The number of amides is 1. The van der Waals surface area contributed by atoms with Crippen LogP contribution in [-0.2, 0) is 32.1 Å². The van der Waals surface area contributed by atoms with Gasteiger partial charge >= 0.3 is 6.09 Å². The SMILES string of the molecule is CC(C)(COS(C)(=O)=O)NC(=O)OCc1cccc2c1Cc1ccccc1-2. The molecule has 1 aliphatic carbocycles. The lowest BCUT2D eigenvalue weighted by atomic mass is 10.0. The summed E-state index contributed by atoms with van der Waals surface area (Å²) in [4.78, 5) is 12.1. The Kier molecular flexibility index (Phi) is 5.26. The van der Waals surface area contributed by atoms with Crippen LogP contribution in [0.15, 0.2) is 42.5 Å². The molecule has 7 heteroatoms. The van der Waals surface area contributed by atoms with Crippen molar-refractivity contribution in [3.63, 3.8) is 0 Å². The molecule has 2 aromatic carbocycles. The van der Waals surface area contributed by atoms with Crippen molar-refractivity contribution < 1.29 is 22.1 Å². The average Bonchev–Trinajstić information content (AvgIpc) is 2.97. The van der Waals surface area contributed by atoms with Crippen LogP contribution in [0.2, 0.25) is 0 Å². The normalized spacial score (nSPS) is 13.0. The molecule has 3 rings (SSSR count). The molecule has 0 spiro atoms. The predicted octanol–water partition coefficient (Wildman–Crippen LogP) is 3.24. The first-order valence-corrected chi connectivity index (χ1v) is 10.4. The van der Waals surface area contributed by atoms with Crippen LogP contribution in [0, 0.1) is 0 Å². The van der Waals surface area contributed by atoms with E-state index in [1.807, 2.05) is 24.3 Å². The topological polar surface area (TPSA) is 81.7 Å². The van der Waals surface area contributed by atoms with Gasteiger partial charge in [0.15, 0.2) is 0 Å². The standard InChI is InChI=1S/C20H23NO5S/c1-20(2,13-26-27(3,23)24)21-19(22)25-12-15-8-6-10-17-16-9-5-4-7-14(16)11-18(15)17/h4-10H,11-13H2,1-3H3,(H,21,22). The van der Waals surface area contributed by atoms with Crippen molar-refractivity contribution >= 4 is 16.2 Å². The van der Waals surface area contributed by atoms with Crippen molar-refractivity contribution in [3.05, 3.63) is 59.2 Å². The summed E-state index contributed by atoms with van der Waals surface area (Å²) in [5.74, 6) is 0. The van der Waals surface area contributed by atoms with Crippen LogP contribution in [0.5, 0.6) is 0 Å². The molecule has 0 radical (unpaired) electrons. The first-order valence-electron chi connectivity index (χ1n) is 8.63. The van der Waals surface area contributed by atoms with Gasteiger partial charge in [-0.15, -0.1) is 0 Å². The Morgan fingerprint density at radius 1 is 1.11 bits per heavy atom. The fourth-order valence-electron chi connectivity index (χ4n) is 3.10. The van der Waals surface area contributed by atoms with Gasteiger partial charge in [0.2, 0.25) is 0 Å². The number of carbonyl (C=O) groups excluding carboxylic acids is 1. The van der Waals surface area contributed by atoms with Gasteiger partial charge in [-0.2, -0.15) is 8.42 Å². The molecular formula is C20H23NO5S. The van der Waals surface area contributed by atoms with E-state index in [1.54, 1.807) is 13.8 Å². The molecule has 6 nitrogen and oxygen atoms in total. The third-order valence-electron chi connectivity index (χ3n) is 4.38. The maximum atomic E-state index is 12.1. The summed E-state index contributed by atoms with van der Waals surface area (Å²) < 4.78 is 32.3.